The molecule has 5 heteroatoms. The third-order valence-electron chi connectivity index (χ3n) is 3.49. The summed E-state index contributed by atoms with van der Waals surface area (Å²) >= 11 is 1.63. The van der Waals surface area contributed by atoms with Gasteiger partial charge in [-0.05, 0) is 48.6 Å². The minimum atomic E-state index is 0.620. The van der Waals surface area contributed by atoms with E-state index in [1.54, 1.807) is 17.7 Å². The number of aromatic nitrogens is 2. The molecule has 0 saturated heterocycles. The largest absolute Gasteiger partial charge is 0.492 e. The highest BCUT2D eigenvalue weighted by atomic mass is 32.1. The molecule has 22 heavy (non-hydrogen) atoms. The molecule has 0 aliphatic heterocycles. The van der Waals surface area contributed by atoms with E-state index in [0.29, 0.717) is 6.61 Å². The summed E-state index contributed by atoms with van der Waals surface area (Å²) in [5, 5.41) is 3.14. The van der Waals surface area contributed by atoms with Gasteiger partial charge in [-0.2, -0.15) is 0 Å². The number of nitrogens with zero attached hydrogens (tertiary/aromatic N) is 3. The van der Waals surface area contributed by atoms with Crippen molar-refractivity contribution in [3.8, 4) is 5.75 Å². The van der Waals surface area contributed by atoms with Gasteiger partial charge in [-0.1, -0.05) is 6.07 Å². The first-order valence-corrected chi connectivity index (χ1v) is 8.12. The van der Waals surface area contributed by atoms with Gasteiger partial charge in [-0.3, -0.25) is 0 Å². The summed E-state index contributed by atoms with van der Waals surface area (Å²) < 4.78 is 5.87. The summed E-state index contributed by atoms with van der Waals surface area (Å²) in [5.74, 6) is 1.88. The molecule has 4 nitrogen and oxygen atoms in total. The average Bonchev–Trinajstić information content (AvgIpc) is 2.94. The highest BCUT2D eigenvalue weighted by Gasteiger charge is 2.09. The van der Waals surface area contributed by atoms with Crippen molar-refractivity contribution < 1.29 is 4.74 Å². The van der Waals surface area contributed by atoms with E-state index >= 15 is 0 Å². The monoisotopic (exact) mass is 313 g/mol. The van der Waals surface area contributed by atoms with Gasteiger partial charge >= 0.3 is 0 Å². The minimum absolute atomic E-state index is 0.620. The Labute approximate surface area is 134 Å². The van der Waals surface area contributed by atoms with Crippen LogP contribution in [0, 0.1) is 13.8 Å². The number of hydrogen-bond donors (Lipinski definition) is 0. The van der Waals surface area contributed by atoms with Crippen LogP contribution in [-0.4, -0.2) is 30.2 Å². The molecular formula is C17H19N3OS. The molecule has 0 fully saturated rings. The Morgan fingerprint density at radius 3 is 2.68 bits per heavy atom. The summed E-state index contributed by atoms with van der Waals surface area (Å²) in [5.41, 5.74) is 2.44. The summed E-state index contributed by atoms with van der Waals surface area (Å²) in [6, 6.07) is 8.34. The molecule has 0 bridgehead atoms. The topological polar surface area (TPSA) is 38.2 Å². The predicted octanol–water partition coefficient (Wildman–Crippen LogP) is 3.82. The smallest absolute Gasteiger partial charge is 0.140 e. The zero-order chi connectivity index (χ0) is 15.5. The summed E-state index contributed by atoms with van der Waals surface area (Å²) in [6.45, 7) is 5.56. The number of aryl methyl sites for hydroxylation is 2. The molecule has 0 spiro atoms. The molecule has 3 rings (SSSR count). The van der Waals surface area contributed by atoms with Crippen LogP contribution in [0.3, 0.4) is 0 Å². The molecule has 3 aromatic rings. The molecule has 0 atom stereocenters. The number of ether oxygens (including phenoxy) is 1. The normalized spacial score (nSPS) is 10.9. The minimum Gasteiger partial charge on any atom is -0.492 e. The Bertz CT molecular complexity index is 764. The van der Waals surface area contributed by atoms with Crippen LogP contribution in [0.15, 0.2) is 36.0 Å². The molecule has 0 radical (unpaired) electrons. The van der Waals surface area contributed by atoms with Crippen molar-refractivity contribution in [2.45, 2.75) is 13.8 Å². The first-order valence-electron chi connectivity index (χ1n) is 7.24. The van der Waals surface area contributed by atoms with E-state index in [4.69, 9.17) is 4.74 Å². The Morgan fingerprint density at radius 1 is 1.14 bits per heavy atom. The average molecular weight is 313 g/mol. The first-order chi connectivity index (χ1) is 10.6. The maximum Gasteiger partial charge on any atom is 0.140 e. The van der Waals surface area contributed by atoms with Gasteiger partial charge < -0.3 is 9.64 Å². The van der Waals surface area contributed by atoms with Crippen LogP contribution in [0.5, 0.6) is 5.75 Å². The molecule has 0 N–H and O–H groups in total. The molecule has 2 aromatic heterocycles. The lowest BCUT2D eigenvalue weighted by molar-refractivity contribution is 0.325. The van der Waals surface area contributed by atoms with Crippen LogP contribution < -0.4 is 9.64 Å². The van der Waals surface area contributed by atoms with Crippen molar-refractivity contribution in [2.24, 2.45) is 0 Å². The van der Waals surface area contributed by atoms with Gasteiger partial charge in [0.25, 0.3) is 0 Å². The zero-order valence-corrected chi connectivity index (χ0v) is 13.9. The number of benzene rings is 1. The van der Waals surface area contributed by atoms with Crippen LogP contribution in [0.4, 0.5) is 5.82 Å². The molecule has 0 saturated carbocycles. The van der Waals surface area contributed by atoms with Gasteiger partial charge in [0.2, 0.25) is 0 Å². The SMILES string of the molecule is Cc1cc(C)cc(OCCN(C)c2ncnc3sccc23)c1. The van der Waals surface area contributed by atoms with Crippen molar-refractivity contribution in [3.05, 3.63) is 47.1 Å². The van der Waals surface area contributed by atoms with Gasteiger partial charge in [0.15, 0.2) is 0 Å². The zero-order valence-electron chi connectivity index (χ0n) is 13.0. The van der Waals surface area contributed by atoms with E-state index < -0.39 is 0 Å². The number of hydrogen-bond acceptors (Lipinski definition) is 5. The fraction of sp³-hybridized carbons (Fsp3) is 0.294. The molecule has 114 valence electrons. The first kappa shape index (κ1) is 14.8. The van der Waals surface area contributed by atoms with E-state index in [-0.39, 0.29) is 0 Å². The lowest BCUT2D eigenvalue weighted by atomic mass is 10.1. The molecule has 1 aromatic carbocycles. The van der Waals surface area contributed by atoms with Crippen molar-refractivity contribution in [1.82, 2.24) is 9.97 Å². The summed E-state index contributed by atoms with van der Waals surface area (Å²) in [4.78, 5) is 11.8. The Morgan fingerprint density at radius 2 is 1.91 bits per heavy atom. The number of rotatable bonds is 5. The number of fused-ring (bicyclic) bond motifs is 1. The maximum absolute atomic E-state index is 5.87. The van der Waals surface area contributed by atoms with Gasteiger partial charge in [0, 0.05) is 7.05 Å². The van der Waals surface area contributed by atoms with Crippen LogP contribution >= 0.6 is 11.3 Å². The molecule has 0 aliphatic rings. The Kier molecular flexibility index (Phi) is 4.24. The van der Waals surface area contributed by atoms with E-state index in [0.717, 1.165) is 28.3 Å². The summed E-state index contributed by atoms with van der Waals surface area (Å²) in [7, 11) is 2.03. The predicted molar refractivity (Wildman–Crippen MR) is 92.1 cm³/mol. The van der Waals surface area contributed by atoms with Crippen LogP contribution in [0.25, 0.3) is 10.2 Å². The van der Waals surface area contributed by atoms with Crippen LogP contribution in [-0.2, 0) is 0 Å². The fourth-order valence-corrected chi connectivity index (χ4v) is 3.23. The quantitative estimate of drug-likeness (QED) is 0.717. The standard InChI is InChI=1S/C17H19N3OS/c1-12-8-13(2)10-14(9-12)21-6-5-20(3)16-15-4-7-22-17(15)19-11-18-16/h4,7-11H,5-6H2,1-3H3. The molecule has 2 heterocycles. The van der Waals surface area contributed by atoms with Gasteiger partial charge in [0.1, 0.15) is 29.3 Å². The van der Waals surface area contributed by atoms with Crippen molar-refractivity contribution in [1.29, 1.82) is 0 Å². The second kappa shape index (κ2) is 6.32. The lowest BCUT2D eigenvalue weighted by Gasteiger charge is -2.19. The Balaban J connectivity index is 1.65. The lowest BCUT2D eigenvalue weighted by Crippen LogP contribution is -2.24. The fourth-order valence-electron chi connectivity index (χ4n) is 2.50. The van der Waals surface area contributed by atoms with Gasteiger partial charge in [-0.15, -0.1) is 11.3 Å². The molecule has 0 aliphatic carbocycles. The molecular weight excluding hydrogens is 294 g/mol. The highest BCUT2D eigenvalue weighted by molar-refractivity contribution is 7.16. The number of anilines is 1. The highest BCUT2D eigenvalue weighted by Crippen LogP contribution is 2.25. The third-order valence-corrected chi connectivity index (χ3v) is 4.31. The maximum atomic E-state index is 5.87. The van der Waals surface area contributed by atoms with Crippen molar-refractivity contribution in [3.63, 3.8) is 0 Å². The van der Waals surface area contributed by atoms with E-state index in [1.807, 2.05) is 12.4 Å². The molecule has 0 unspecified atom stereocenters. The second-order valence-corrected chi connectivity index (χ2v) is 6.32. The second-order valence-electron chi connectivity index (χ2n) is 5.43. The van der Waals surface area contributed by atoms with E-state index in [1.165, 1.54) is 11.1 Å². The summed E-state index contributed by atoms with van der Waals surface area (Å²) in [6.07, 6.45) is 1.62. The van der Waals surface area contributed by atoms with Gasteiger partial charge in [-0.25, -0.2) is 9.97 Å². The number of likely N-dealkylation sites (N-methyl/N-ethyl adjacent to an activating group) is 1. The Hall–Kier alpha value is -2.14. The number of thiophene rings is 1. The third kappa shape index (κ3) is 3.20. The van der Waals surface area contributed by atoms with Crippen molar-refractivity contribution in [2.75, 3.05) is 25.1 Å². The van der Waals surface area contributed by atoms with Crippen LogP contribution in [0.1, 0.15) is 11.1 Å². The van der Waals surface area contributed by atoms with Gasteiger partial charge in [0.05, 0.1) is 11.9 Å². The molecule has 0 amide bonds. The van der Waals surface area contributed by atoms with Crippen molar-refractivity contribution >= 4 is 27.4 Å². The van der Waals surface area contributed by atoms with E-state index in [2.05, 4.69) is 53.0 Å². The van der Waals surface area contributed by atoms with E-state index in [9.17, 15) is 0 Å². The van der Waals surface area contributed by atoms with Crippen LogP contribution in [0.2, 0.25) is 0 Å².